The van der Waals surface area contributed by atoms with Crippen LogP contribution in [0.5, 0.6) is 0 Å². The van der Waals surface area contributed by atoms with Crippen LogP contribution in [0.15, 0.2) is 0 Å². The summed E-state index contributed by atoms with van der Waals surface area (Å²) < 4.78 is 0. The molecule has 2 heteroatoms. The van der Waals surface area contributed by atoms with Gasteiger partial charge in [-0.25, -0.2) is 0 Å². The van der Waals surface area contributed by atoms with Crippen LogP contribution in [0.2, 0.25) is 0 Å². The van der Waals surface area contributed by atoms with Gasteiger partial charge < -0.3 is 10.1 Å². The standard InChI is InChI=1S/C12H21NO/c14-9-12-7-11(8-13-12)6-10-4-2-1-3-5-10/h9-13H,1-8H2/t11-,12-/m0/s1. The highest BCUT2D eigenvalue weighted by atomic mass is 16.1. The SMILES string of the molecule is O=C[C@@H]1C[C@H](CC2CCCCC2)CN1. The molecule has 0 bridgehead atoms. The summed E-state index contributed by atoms with van der Waals surface area (Å²) in [7, 11) is 0. The van der Waals surface area contributed by atoms with Gasteiger partial charge >= 0.3 is 0 Å². The number of nitrogens with one attached hydrogen (secondary N) is 1. The minimum atomic E-state index is 0.156. The molecule has 2 atom stereocenters. The second kappa shape index (κ2) is 4.92. The Balaban J connectivity index is 1.72. The van der Waals surface area contributed by atoms with Gasteiger partial charge in [0.2, 0.25) is 0 Å². The van der Waals surface area contributed by atoms with E-state index in [-0.39, 0.29) is 6.04 Å². The van der Waals surface area contributed by atoms with Crippen LogP contribution >= 0.6 is 0 Å². The highest BCUT2D eigenvalue weighted by molar-refractivity contribution is 5.58. The smallest absolute Gasteiger partial charge is 0.136 e. The second-order valence-electron chi connectivity index (χ2n) is 4.99. The van der Waals surface area contributed by atoms with Gasteiger partial charge in [0.25, 0.3) is 0 Å². The number of hydrogen-bond acceptors (Lipinski definition) is 2. The second-order valence-corrected chi connectivity index (χ2v) is 4.99. The molecule has 2 aliphatic rings. The first-order valence-electron chi connectivity index (χ1n) is 6.07. The van der Waals surface area contributed by atoms with Crippen molar-refractivity contribution in [2.24, 2.45) is 11.8 Å². The first-order valence-corrected chi connectivity index (χ1v) is 6.07. The average Bonchev–Trinajstić information content (AvgIpc) is 2.67. The molecule has 1 aliphatic heterocycles. The third-order valence-corrected chi connectivity index (χ3v) is 3.81. The Morgan fingerprint density at radius 3 is 2.57 bits per heavy atom. The van der Waals surface area contributed by atoms with Gasteiger partial charge in [0.05, 0.1) is 6.04 Å². The molecule has 2 rings (SSSR count). The Bertz CT molecular complexity index is 187. The fraction of sp³-hybridized carbons (Fsp3) is 0.917. The van der Waals surface area contributed by atoms with Crippen LogP contribution in [0.3, 0.4) is 0 Å². The van der Waals surface area contributed by atoms with Crippen molar-refractivity contribution < 1.29 is 4.79 Å². The molecule has 0 aromatic heterocycles. The van der Waals surface area contributed by atoms with E-state index >= 15 is 0 Å². The van der Waals surface area contributed by atoms with Crippen molar-refractivity contribution in [2.75, 3.05) is 6.54 Å². The summed E-state index contributed by atoms with van der Waals surface area (Å²) >= 11 is 0. The van der Waals surface area contributed by atoms with Gasteiger partial charge in [-0.05, 0) is 31.2 Å². The normalized spacial score (nSPS) is 34.6. The summed E-state index contributed by atoms with van der Waals surface area (Å²) in [5.74, 6) is 1.73. The molecular weight excluding hydrogens is 174 g/mol. The lowest BCUT2D eigenvalue weighted by Crippen LogP contribution is -2.22. The predicted octanol–water partition coefficient (Wildman–Crippen LogP) is 2.13. The lowest BCUT2D eigenvalue weighted by molar-refractivity contribution is -0.109. The molecule has 80 valence electrons. The first-order chi connectivity index (χ1) is 6.88. The van der Waals surface area contributed by atoms with Crippen LogP contribution in [0.1, 0.15) is 44.9 Å². The summed E-state index contributed by atoms with van der Waals surface area (Å²) in [6.45, 7) is 1.07. The highest BCUT2D eigenvalue weighted by Gasteiger charge is 2.26. The van der Waals surface area contributed by atoms with Crippen LogP contribution in [-0.4, -0.2) is 18.9 Å². The van der Waals surface area contributed by atoms with Gasteiger partial charge in [0.15, 0.2) is 0 Å². The zero-order valence-electron chi connectivity index (χ0n) is 8.87. The molecule has 1 N–H and O–H groups in total. The van der Waals surface area contributed by atoms with Crippen molar-refractivity contribution in [3.8, 4) is 0 Å². The molecule has 0 unspecified atom stereocenters. The Morgan fingerprint density at radius 1 is 1.14 bits per heavy atom. The molecule has 2 nitrogen and oxygen atoms in total. The molecule has 14 heavy (non-hydrogen) atoms. The summed E-state index contributed by atoms with van der Waals surface area (Å²) in [5.41, 5.74) is 0. The van der Waals surface area contributed by atoms with Gasteiger partial charge in [0, 0.05) is 0 Å². The third kappa shape index (κ3) is 2.57. The first kappa shape index (κ1) is 10.2. The van der Waals surface area contributed by atoms with Crippen LogP contribution in [0, 0.1) is 11.8 Å². The van der Waals surface area contributed by atoms with Crippen LogP contribution in [0.25, 0.3) is 0 Å². The van der Waals surface area contributed by atoms with Gasteiger partial charge in [0.1, 0.15) is 6.29 Å². The van der Waals surface area contributed by atoms with Gasteiger partial charge in [-0.15, -0.1) is 0 Å². The van der Waals surface area contributed by atoms with Crippen LogP contribution < -0.4 is 5.32 Å². The van der Waals surface area contributed by atoms with Crippen molar-refractivity contribution in [3.05, 3.63) is 0 Å². The number of aldehydes is 1. The lowest BCUT2D eigenvalue weighted by Gasteiger charge is -2.23. The molecule has 1 saturated carbocycles. The molecule has 0 amide bonds. The average molecular weight is 195 g/mol. The number of rotatable bonds is 3. The van der Waals surface area contributed by atoms with Gasteiger partial charge in [-0.1, -0.05) is 32.1 Å². The van der Waals surface area contributed by atoms with Crippen molar-refractivity contribution in [1.29, 1.82) is 0 Å². The third-order valence-electron chi connectivity index (χ3n) is 3.81. The number of carbonyl (C=O) groups excluding carboxylic acids is 1. The number of carbonyl (C=O) groups is 1. The van der Waals surface area contributed by atoms with Gasteiger partial charge in [-0.3, -0.25) is 0 Å². The topological polar surface area (TPSA) is 29.1 Å². The molecule has 0 aromatic rings. The molecule has 0 aromatic carbocycles. The van der Waals surface area contributed by atoms with E-state index in [2.05, 4.69) is 5.32 Å². The maximum Gasteiger partial charge on any atom is 0.136 e. The van der Waals surface area contributed by atoms with E-state index in [9.17, 15) is 4.79 Å². The van der Waals surface area contributed by atoms with E-state index < -0.39 is 0 Å². The molecule has 1 heterocycles. The lowest BCUT2D eigenvalue weighted by atomic mass is 9.82. The van der Waals surface area contributed by atoms with E-state index in [1.54, 1.807) is 0 Å². The minimum absolute atomic E-state index is 0.156. The zero-order chi connectivity index (χ0) is 9.80. The van der Waals surface area contributed by atoms with Crippen LogP contribution in [0.4, 0.5) is 0 Å². The molecule has 2 fully saturated rings. The summed E-state index contributed by atoms with van der Waals surface area (Å²) in [6.07, 6.45) is 10.7. The highest BCUT2D eigenvalue weighted by Crippen LogP contribution is 2.31. The Labute approximate surface area is 86.5 Å². The van der Waals surface area contributed by atoms with E-state index in [4.69, 9.17) is 0 Å². The van der Waals surface area contributed by atoms with Gasteiger partial charge in [-0.2, -0.15) is 0 Å². The van der Waals surface area contributed by atoms with Crippen molar-refractivity contribution in [2.45, 2.75) is 51.0 Å². The van der Waals surface area contributed by atoms with E-state index in [1.807, 2.05) is 0 Å². The molecule has 1 saturated heterocycles. The van der Waals surface area contributed by atoms with E-state index in [0.717, 1.165) is 31.1 Å². The predicted molar refractivity (Wildman–Crippen MR) is 57.2 cm³/mol. The quantitative estimate of drug-likeness (QED) is 0.699. The largest absolute Gasteiger partial charge is 0.307 e. The molecule has 0 spiro atoms. The minimum Gasteiger partial charge on any atom is -0.307 e. The monoisotopic (exact) mass is 195 g/mol. The van der Waals surface area contributed by atoms with Crippen LogP contribution in [-0.2, 0) is 4.79 Å². The molecule has 0 radical (unpaired) electrons. The Hall–Kier alpha value is -0.370. The summed E-state index contributed by atoms with van der Waals surface area (Å²) in [5, 5.41) is 3.28. The number of hydrogen-bond donors (Lipinski definition) is 1. The fourth-order valence-electron chi connectivity index (χ4n) is 3.02. The zero-order valence-corrected chi connectivity index (χ0v) is 8.87. The Morgan fingerprint density at radius 2 is 1.93 bits per heavy atom. The summed E-state index contributed by atoms with van der Waals surface area (Å²) in [6, 6.07) is 0.156. The summed E-state index contributed by atoms with van der Waals surface area (Å²) in [4.78, 5) is 10.6. The van der Waals surface area contributed by atoms with E-state index in [0.29, 0.717) is 0 Å². The molecule has 1 aliphatic carbocycles. The van der Waals surface area contributed by atoms with E-state index in [1.165, 1.54) is 38.5 Å². The van der Waals surface area contributed by atoms with Crippen molar-refractivity contribution in [3.63, 3.8) is 0 Å². The Kier molecular flexibility index (Phi) is 3.57. The maximum absolute atomic E-state index is 10.6. The molecular formula is C12H21NO. The van der Waals surface area contributed by atoms with Crippen molar-refractivity contribution in [1.82, 2.24) is 5.32 Å². The van der Waals surface area contributed by atoms with Crippen molar-refractivity contribution >= 4 is 6.29 Å². The maximum atomic E-state index is 10.6. The fourth-order valence-corrected chi connectivity index (χ4v) is 3.02.